The highest BCUT2D eigenvalue weighted by Gasteiger charge is 2.19. The molecular formula is C21H28IN5O. The molecule has 2 N–H and O–H groups in total. The monoisotopic (exact) mass is 493 g/mol. The van der Waals surface area contributed by atoms with Gasteiger partial charge in [0.25, 0.3) is 0 Å². The van der Waals surface area contributed by atoms with Gasteiger partial charge in [-0.05, 0) is 29.7 Å². The summed E-state index contributed by atoms with van der Waals surface area (Å²) in [4.78, 5) is 22.3. The van der Waals surface area contributed by atoms with E-state index < -0.39 is 0 Å². The number of benzene rings is 1. The first-order chi connectivity index (χ1) is 13.2. The van der Waals surface area contributed by atoms with Gasteiger partial charge < -0.3 is 15.5 Å². The minimum Gasteiger partial charge on any atom is -0.356 e. The predicted octanol–water partition coefficient (Wildman–Crippen LogP) is 2.73. The predicted molar refractivity (Wildman–Crippen MR) is 123 cm³/mol. The van der Waals surface area contributed by atoms with E-state index in [9.17, 15) is 4.79 Å². The Kier molecular flexibility index (Phi) is 9.19. The van der Waals surface area contributed by atoms with Crippen LogP contribution in [0.25, 0.3) is 0 Å². The van der Waals surface area contributed by atoms with Crippen molar-refractivity contribution in [3.8, 4) is 0 Å². The number of hydrogen-bond acceptors (Lipinski definition) is 3. The average Bonchev–Trinajstić information content (AvgIpc) is 3.10. The highest BCUT2D eigenvalue weighted by Crippen LogP contribution is 2.15. The van der Waals surface area contributed by atoms with E-state index in [1.54, 1.807) is 7.05 Å². The SMILES string of the molecule is CN=C(NCCc1ccccn1)NCc1cccc(CN2CCCC2=O)c1.I. The van der Waals surface area contributed by atoms with E-state index in [-0.39, 0.29) is 29.9 Å². The van der Waals surface area contributed by atoms with Gasteiger partial charge in [-0.15, -0.1) is 24.0 Å². The summed E-state index contributed by atoms with van der Waals surface area (Å²) in [6, 6.07) is 14.3. The highest BCUT2D eigenvalue weighted by molar-refractivity contribution is 14.0. The van der Waals surface area contributed by atoms with Crippen LogP contribution in [0.4, 0.5) is 0 Å². The number of guanidine groups is 1. The van der Waals surface area contributed by atoms with Gasteiger partial charge in [0.1, 0.15) is 0 Å². The molecule has 1 fully saturated rings. The summed E-state index contributed by atoms with van der Waals surface area (Å²) in [7, 11) is 1.77. The second kappa shape index (κ2) is 11.6. The molecule has 0 unspecified atom stereocenters. The number of likely N-dealkylation sites (tertiary alicyclic amines) is 1. The molecule has 0 radical (unpaired) electrons. The zero-order valence-electron chi connectivity index (χ0n) is 16.2. The van der Waals surface area contributed by atoms with Crippen LogP contribution in [0.1, 0.15) is 29.7 Å². The van der Waals surface area contributed by atoms with Gasteiger partial charge in [0.2, 0.25) is 5.91 Å². The van der Waals surface area contributed by atoms with Crippen molar-refractivity contribution in [3.05, 3.63) is 65.5 Å². The van der Waals surface area contributed by atoms with Crippen LogP contribution in [0.2, 0.25) is 0 Å². The number of rotatable bonds is 7. The zero-order valence-corrected chi connectivity index (χ0v) is 18.6. The molecule has 150 valence electrons. The first kappa shape index (κ1) is 22.1. The Balaban J connectivity index is 0.00000280. The fourth-order valence-corrected chi connectivity index (χ4v) is 3.19. The van der Waals surface area contributed by atoms with Gasteiger partial charge in [-0.2, -0.15) is 0 Å². The minimum absolute atomic E-state index is 0. The van der Waals surface area contributed by atoms with Crippen LogP contribution in [0.5, 0.6) is 0 Å². The number of nitrogens with zero attached hydrogens (tertiary/aromatic N) is 3. The maximum atomic E-state index is 11.8. The average molecular weight is 493 g/mol. The Morgan fingerprint density at radius 3 is 2.75 bits per heavy atom. The summed E-state index contributed by atoms with van der Waals surface area (Å²) < 4.78 is 0. The molecule has 1 aromatic heterocycles. The second-order valence-corrected chi connectivity index (χ2v) is 6.66. The molecule has 1 aromatic carbocycles. The minimum atomic E-state index is 0. The van der Waals surface area contributed by atoms with E-state index in [4.69, 9.17) is 0 Å². The van der Waals surface area contributed by atoms with Crippen LogP contribution in [0, 0.1) is 0 Å². The van der Waals surface area contributed by atoms with Gasteiger partial charge in [0.15, 0.2) is 5.96 Å². The first-order valence-corrected chi connectivity index (χ1v) is 9.44. The second-order valence-electron chi connectivity index (χ2n) is 6.66. The number of carbonyl (C=O) groups excluding carboxylic acids is 1. The summed E-state index contributed by atoms with van der Waals surface area (Å²) in [5.74, 6) is 1.03. The first-order valence-electron chi connectivity index (χ1n) is 9.44. The number of amides is 1. The van der Waals surface area contributed by atoms with Crippen LogP contribution in [0.3, 0.4) is 0 Å². The van der Waals surface area contributed by atoms with E-state index in [0.717, 1.165) is 37.6 Å². The van der Waals surface area contributed by atoms with E-state index in [0.29, 0.717) is 19.5 Å². The lowest BCUT2D eigenvalue weighted by molar-refractivity contribution is -0.128. The summed E-state index contributed by atoms with van der Waals surface area (Å²) in [5.41, 5.74) is 3.40. The molecule has 7 heteroatoms. The number of aromatic nitrogens is 1. The van der Waals surface area contributed by atoms with Gasteiger partial charge in [-0.3, -0.25) is 14.8 Å². The third-order valence-corrected chi connectivity index (χ3v) is 4.62. The summed E-state index contributed by atoms with van der Waals surface area (Å²) in [6.07, 6.45) is 4.31. The van der Waals surface area contributed by atoms with Gasteiger partial charge in [0.05, 0.1) is 0 Å². The molecule has 1 aliphatic heterocycles. The van der Waals surface area contributed by atoms with Gasteiger partial charge in [0, 0.05) is 58.0 Å². The highest BCUT2D eigenvalue weighted by atomic mass is 127. The molecule has 0 aliphatic carbocycles. The molecule has 0 atom stereocenters. The summed E-state index contributed by atoms with van der Waals surface area (Å²) in [6.45, 7) is 3.02. The van der Waals surface area contributed by atoms with Crippen LogP contribution in [0.15, 0.2) is 53.7 Å². The zero-order chi connectivity index (χ0) is 18.9. The fourth-order valence-electron chi connectivity index (χ4n) is 3.19. The third kappa shape index (κ3) is 6.78. The molecule has 28 heavy (non-hydrogen) atoms. The van der Waals surface area contributed by atoms with Crippen molar-refractivity contribution in [2.45, 2.75) is 32.4 Å². The van der Waals surface area contributed by atoms with Gasteiger partial charge in [-0.1, -0.05) is 30.3 Å². The molecule has 1 aliphatic rings. The molecule has 6 nitrogen and oxygen atoms in total. The van der Waals surface area contributed by atoms with Crippen molar-refractivity contribution in [1.29, 1.82) is 0 Å². The van der Waals surface area contributed by atoms with Crippen molar-refractivity contribution in [2.75, 3.05) is 20.1 Å². The van der Waals surface area contributed by atoms with Crippen molar-refractivity contribution in [3.63, 3.8) is 0 Å². The molecule has 0 spiro atoms. The third-order valence-electron chi connectivity index (χ3n) is 4.62. The maximum absolute atomic E-state index is 11.8. The van der Waals surface area contributed by atoms with E-state index >= 15 is 0 Å². The van der Waals surface area contributed by atoms with Crippen molar-refractivity contribution >= 4 is 35.8 Å². The maximum Gasteiger partial charge on any atom is 0.222 e. The van der Waals surface area contributed by atoms with Crippen molar-refractivity contribution in [1.82, 2.24) is 20.5 Å². The number of nitrogens with one attached hydrogen (secondary N) is 2. The van der Waals surface area contributed by atoms with Crippen LogP contribution in [-0.4, -0.2) is 41.9 Å². The molecule has 3 rings (SSSR count). The molecule has 1 saturated heterocycles. The fraction of sp³-hybridized carbons (Fsp3) is 0.381. The molecule has 0 bridgehead atoms. The Bertz CT molecular complexity index is 781. The molecule has 2 heterocycles. The number of halogens is 1. The van der Waals surface area contributed by atoms with E-state index in [1.807, 2.05) is 35.4 Å². The smallest absolute Gasteiger partial charge is 0.222 e. The standard InChI is InChI=1S/C21H27N5O.HI/c1-22-21(24-12-10-19-8-2-3-11-23-19)25-15-17-6-4-7-18(14-17)16-26-13-5-9-20(26)27;/h2-4,6-8,11,14H,5,9-10,12-13,15-16H2,1H3,(H2,22,24,25);1H. The number of pyridine rings is 1. The van der Waals surface area contributed by atoms with Crippen LogP contribution < -0.4 is 10.6 Å². The largest absolute Gasteiger partial charge is 0.356 e. The molecule has 1 amide bonds. The number of aliphatic imine (C=N–C) groups is 1. The Labute approximate surface area is 183 Å². The van der Waals surface area contributed by atoms with E-state index in [1.165, 1.54) is 11.1 Å². The molecule has 2 aromatic rings. The lowest BCUT2D eigenvalue weighted by Gasteiger charge is -2.16. The van der Waals surface area contributed by atoms with Crippen LogP contribution in [-0.2, 0) is 24.3 Å². The quantitative estimate of drug-likeness (QED) is 0.354. The Morgan fingerprint density at radius 1 is 1.18 bits per heavy atom. The number of hydrogen-bond donors (Lipinski definition) is 2. The topological polar surface area (TPSA) is 69.6 Å². The van der Waals surface area contributed by atoms with Gasteiger partial charge in [-0.25, -0.2) is 0 Å². The van der Waals surface area contributed by atoms with Crippen LogP contribution >= 0.6 is 24.0 Å². The lowest BCUT2D eigenvalue weighted by Crippen LogP contribution is -2.37. The summed E-state index contributed by atoms with van der Waals surface area (Å²) in [5, 5.41) is 6.65. The molecule has 0 saturated carbocycles. The summed E-state index contributed by atoms with van der Waals surface area (Å²) >= 11 is 0. The van der Waals surface area contributed by atoms with Gasteiger partial charge >= 0.3 is 0 Å². The Hall–Kier alpha value is -2.16. The van der Waals surface area contributed by atoms with Crippen molar-refractivity contribution in [2.24, 2.45) is 4.99 Å². The Morgan fingerprint density at radius 2 is 2.04 bits per heavy atom. The normalized spacial score (nSPS) is 14.0. The lowest BCUT2D eigenvalue weighted by atomic mass is 10.1. The van der Waals surface area contributed by atoms with Crippen molar-refractivity contribution < 1.29 is 4.79 Å². The molecular weight excluding hydrogens is 465 g/mol. The number of carbonyl (C=O) groups is 1. The van der Waals surface area contributed by atoms with E-state index in [2.05, 4.69) is 38.8 Å².